The van der Waals surface area contributed by atoms with Gasteiger partial charge >= 0.3 is 0 Å². The zero-order valence-corrected chi connectivity index (χ0v) is 17.5. The van der Waals surface area contributed by atoms with E-state index in [-0.39, 0.29) is 24.0 Å². The van der Waals surface area contributed by atoms with Crippen LogP contribution in [0.3, 0.4) is 0 Å². The zero-order chi connectivity index (χ0) is 17.1. The number of halogens is 1. The van der Waals surface area contributed by atoms with Crippen molar-refractivity contribution in [3.8, 4) is 0 Å². The van der Waals surface area contributed by atoms with Crippen LogP contribution in [0, 0.1) is 0 Å². The lowest BCUT2D eigenvalue weighted by molar-refractivity contribution is 0.858. The van der Waals surface area contributed by atoms with Crippen LogP contribution in [0.5, 0.6) is 0 Å². The summed E-state index contributed by atoms with van der Waals surface area (Å²) in [5.41, 5.74) is 3.83. The van der Waals surface area contributed by atoms with Crippen LogP contribution in [-0.4, -0.2) is 37.6 Å². The second-order valence-electron chi connectivity index (χ2n) is 6.65. The van der Waals surface area contributed by atoms with E-state index in [1.165, 1.54) is 29.7 Å². The Hall–Kier alpha value is -1.83. The van der Waals surface area contributed by atoms with Crippen LogP contribution in [0.2, 0.25) is 0 Å². The molecule has 6 heteroatoms. The van der Waals surface area contributed by atoms with Crippen molar-refractivity contribution in [2.75, 3.05) is 36.5 Å². The van der Waals surface area contributed by atoms with Crippen molar-refractivity contribution in [1.29, 1.82) is 0 Å². The summed E-state index contributed by atoms with van der Waals surface area (Å²) < 4.78 is 0. The van der Waals surface area contributed by atoms with Crippen molar-refractivity contribution in [1.82, 2.24) is 10.3 Å². The summed E-state index contributed by atoms with van der Waals surface area (Å²) in [6.07, 6.45) is 5.60. The Morgan fingerprint density at radius 1 is 1.12 bits per heavy atom. The molecule has 0 radical (unpaired) electrons. The smallest absolute Gasteiger partial charge is 0.198 e. The predicted molar refractivity (Wildman–Crippen MR) is 119 cm³/mol. The lowest BCUT2D eigenvalue weighted by atomic mass is 10.2. The van der Waals surface area contributed by atoms with Crippen LogP contribution < -0.4 is 15.1 Å². The third-order valence-corrected chi connectivity index (χ3v) is 5.04. The Bertz CT molecular complexity index is 753. The highest BCUT2D eigenvalue weighted by atomic mass is 127. The van der Waals surface area contributed by atoms with E-state index >= 15 is 0 Å². The summed E-state index contributed by atoms with van der Waals surface area (Å²) in [5, 5.41) is 3.48. The summed E-state index contributed by atoms with van der Waals surface area (Å²) in [5.74, 6) is 2.02. The highest BCUT2D eigenvalue weighted by molar-refractivity contribution is 14.0. The Morgan fingerprint density at radius 3 is 2.65 bits per heavy atom. The average Bonchev–Trinajstić information content (AvgIpc) is 3.33. The van der Waals surface area contributed by atoms with Crippen LogP contribution >= 0.6 is 24.0 Å². The minimum Gasteiger partial charge on any atom is -0.357 e. The molecule has 26 heavy (non-hydrogen) atoms. The van der Waals surface area contributed by atoms with Crippen LogP contribution in [0.15, 0.2) is 47.6 Å². The fraction of sp³-hybridized carbons (Fsp3) is 0.400. The molecule has 1 fully saturated rings. The van der Waals surface area contributed by atoms with Gasteiger partial charge in [-0.15, -0.1) is 24.0 Å². The van der Waals surface area contributed by atoms with Crippen molar-refractivity contribution in [3.05, 3.63) is 53.7 Å². The molecule has 1 aromatic carbocycles. The zero-order valence-electron chi connectivity index (χ0n) is 15.2. The monoisotopic (exact) mass is 463 g/mol. The molecular formula is C20H26IN5. The number of aliphatic imine (C=N–C) groups is 1. The summed E-state index contributed by atoms with van der Waals surface area (Å²) in [6, 6.07) is 12.9. The topological polar surface area (TPSA) is 43.8 Å². The Labute approximate surface area is 172 Å². The molecule has 0 saturated carbocycles. The minimum atomic E-state index is 0. The van der Waals surface area contributed by atoms with Gasteiger partial charge in [-0.3, -0.25) is 4.99 Å². The number of fused-ring (bicyclic) bond motifs is 1. The van der Waals surface area contributed by atoms with Crippen LogP contribution in [0.25, 0.3) is 0 Å². The summed E-state index contributed by atoms with van der Waals surface area (Å²) in [4.78, 5) is 13.7. The number of nitrogens with zero attached hydrogens (tertiary/aromatic N) is 4. The normalized spacial score (nSPS) is 16.4. The van der Waals surface area contributed by atoms with E-state index in [1.54, 1.807) is 0 Å². The number of nitrogens with one attached hydrogen (secondary N) is 1. The van der Waals surface area contributed by atoms with E-state index in [9.17, 15) is 0 Å². The van der Waals surface area contributed by atoms with Gasteiger partial charge in [0, 0.05) is 45.1 Å². The second kappa shape index (κ2) is 8.70. The molecule has 2 aliphatic rings. The first-order valence-corrected chi connectivity index (χ1v) is 9.11. The van der Waals surface area contributed by atoms with Crippen LogP contribution in [-0.2, 0) is 13.0 Å². The van der Waals surface area contributed by atoms with Crippen LogP contribution in [0.4, 0.5) is 11.5 Å². The predicted octanol–water partition coefficient (Wildman–Crippen LogP) is 3.44. The largest absolute Gasteiger partial charge is 0.357 e. The maximum Gasteiger partial charge on any atom is 0.198 e. The van der Waals surface area contributed by atoms with Crippen molar-refractivity contribution in [2.45, 2.75) is 25.8 Å². The Balaban J connectivity index is 0.00000196. The lowest BCUT2D eigenvalue weighted by Gasteiger charge is -2.22. The summed E-state index contributed by atoms with van der Waals surface area (Å²) >= 11 is 0. The molecular weight excluding hydrogens is 437 g/mol. The van der Waals surface area contributed by atoms with Crippen molar-refractivity contribution >= 4 is 41.4 Å². The van der Waals surface area contributed by atoms with Crippen molar-refractivity contribution < 1.29 is 0 Å². The molecule has 1 saturated heterocycles. The Kier molecular flexibility index (Phi) is 6.34. The fourth-order valence-electron chi connectivity index (χ4n) is 3.69. The molecule has 4 rings (SSSR count). The van der Waals surface area contributed by atoms with E-state index in [0.717, 1.165) is 44.4 Å². The number of hydrogen-bond acceptors (Lipinski definition) is 3. The highest BCUT2D eigenvalue weighted by Gasteiger charge is 2.22. The number of anilines is 2. The molecule has 0 spiro atoms. The molecule has 1 N–H and O–H groups in total. The van der Waals surface area contributed by atoms with E-state index < -0.39 is 0 Å². The number of pyridine rings is 1. The fourth-order valence-corrected chi connectivity index (χ4v) is 3.69. The summed E-state index contributed by atoms with van der Waals surface area (Å²) in [7, 11) is 1.85. The SMILES string of the molecule is CN=C(NCc1ccc(N2CCCC2)nc1)N1CCc2ccccc21.I. The molecule has 2 aliphatic heterocycles. The maximum atomic E-state index is 4.63. The summed E-state index contributed by atoms with van der Waals surface area (Å²) in [6.45, 7) is 3.97. The molecule has 0 bridgehead atoms. The molecule has 0 unspecified atom stereocenters. The van der Waals surface area contributed by atoms with Gasteiger partial charge in [-0.25, -0.2) is 4.98 Å². The van der Waals surface area contributed by atoms with E-state index in [2.05, 4.69) is 61.5 Å². The third-order valence-electron chi connectivity index (χ3n) is 5.04. The molecule has 2 aromatic rings. The molecule has 1 aromatic heterocycles. The van der Waals surface area contributed by atoms with Gasteiger partial charge in [0.05, 0.1) is 0 Å². The number of rotatable bonds is 3. The third kappa shape index (κ3) is 3.95. The molecule has 5 nitrogen and oxygen atoms in total. The number of benzene rings is 1. The number of aromatic nitrogens is 1. The first-order valence-electron chi connectivity index (χ1n) is 9.11. The lowest BCUT2D eigenvalue weighted by Crippen LogP contribution is -2.40. The van der Waals surface area contributed by atoms with Crippen molar-refractivity contribution in [2.24, 2.45) is 4.99 Å². The minimum absolute atomic E-state index is 0. The molecule has 0 amide bonds. The van der Waals surface area contributed by atoms with Crippen molar-refractivity contribution in [3.63, 3.8) is 0 Å². The molecule has 0 atom stereocenters. The van der Waals surface area contributed by atoms with Gasteiger partial charge < -0.3 is 15.1 Å². The van der Waals surface area contributed by atoms with Gasteiger partial charge in [0.1, 0.15) is 5.82 Å². The van der Waals surface area contributed by atoms with E-state index in [0.29, 0.717) is 0 Å². The number of guanidine groups is 1. The van der Waals surface area contributed by atoms with Gasteiger partial charge in [0.15, 0.2) is 5.96 Å². The second-order valence-corrected chi connectivity index (χ2v) is 6.65. The van der Waals surface area contributed by atoms with Crippen LogP contribution in [0.1, 0.15) is 24.0 Å². The molecule has 3 heterocycles. The first-order chi connectivity index (χ1) is 12.3. The number of hydrogen-bond donors (Lipinski definition) is 1. The van der Waals surface area contributed by atoms with Gasteiger partial charge in [-0.2, -0.15) is 0 Å². The van der Waals surface area contributed by atoms with E-state index in [1.807, 2.05) is 13.2 Å². The van der Waals surface area contributed by atoms with Gasteiger partial charge in [0.25, 0.3) is 0 Å². The van der Waals surface area contributed by atoms with Gasteiger partial charge in [-0.1, -0.05) is 24.3 Å². The molecule has 138 valence electrons. The maximum absolute atomic E-state index is 4.63. The standard InChI is InChI=1S/C20H25N5.HI/c1-21-20(25-13-10-17-6-2-3-7-18(17)25)23-15-16-8-9-19(22-14-16)24-11-4-5-12-24;/h2-3,6-9,14H,4-5,10-13,15H2,1H3,(H,21,23);1H. The average molecular weight is 463 g/mol. The quantitative estimate of drug-likeness (QED) is 0.431. The highest BCUT2D eigenvalue weighted by Crippen LogP contribution is 2.27. The Morgan fingerprint density at radius 2 is 1.92 bits per heavy atom. The van der Waals surface area contributed by atoms with Gasteiger partial charge in [-0.05, 0) is 42.5 Å². The van der Waals surface area contributed by atoms with Gasteiger partial charge in [0.2, 0.25) is 0 Å². The first kappa shape index (κ1) is 18.9. The van der Waals surface area contributed by atoms with E-state index in [4.69, 9.17) is 0 Å². The number of para-hydroxylation sites is 1. The molecule has 0 aliphatic carbocycles.